The van der Waals surface area contributed by atoms with Gasteiger partial charge in [0, 0.05) is 12.8 Å². The van der Waals surface area contributed by atoms with Crippen LogP contribution in [0.4, 0.5) is 0 Å². The van der Waals surface area contributed by atoms with Crippen LogP contribution in [0.1, 0.15) is 12.8 Å². The van der Waals surface area contributed by atoms with E-state index in [0.717, 1.165) is 0 Å². The number of carboxylic acids is 1. The number of quaternary nitrogens is 1. The highest BCUT2D eigenvalue weighted by Crippen LogP contribution is 2.08. The molecule has 5 heteroatoms. The molecular weight excluding hydrogens is 172 g/mol. The summed E-state index contributed by atoms with van der Waals surface area (Å²) >= 11 is 0. The zero-order valence-corrected chi connectivity index (χ0v) is 8.24. The Morgan fingerprint density at radius 3 is 2.08 bits per heavy atom. The molecule has 0 aromatic heterocycles. The second kappa shape index (κ2) is 4.23. The molecule has 5 nitrogen and oxygen atoms in total. The van der Waals surface area contributed by atoms with E-state index >= 15 is 0 Å². The molecule has 2 N–H and O–H groups in total. The molecule has 0 rings (SSSR count). The van der Waals surface area contributed by atoms with Gasteiger partial charge in [-0.25, -0.2) is 0 Å². The average molecular weight is 188 g/mol. The fourth-order valence-electron chi connectivity index (χ4n) is 1.10. The summed E-state index contributed by atoms with van der Waals surface area (Å²) in [6.45, 7) is 0. The molecule has 0 aromatic carbocycles. The number of primary amides is 1. The first-order valence-corrected chi connectivity index (χ1v) is 4.05. The molecule has 13 heavy (non-hydrogen) atoms. The number of amides is 1. The fraction of sp³-hybridized carbons (Fsp3) is 0.750. The second-order valence-corrected chi connectivity index (χ2v) is 3.96. The van der Waals surface area contributed by atoms with E-state index in [2.05, 4.69) is 0 Å². The van der Waals surface area contributed by atoms with Crippen LogP contribution in [-0.4, -0.2) is 43.5 Å². The summed E-state index contributed by atoms with van der Waals surface area (Å²) in [6, 6.07) is -0.688. The van der Waals surface area contributed by atoms with Gasteiger partial charge in [0.25, 0.3) is 0 Å². The van der Waals surface area contributed by atoms with Gasteiger partial charge in [-0.1, -0.05) is 0 Å². The quantitative estimate of drug-likeness (QED) is 0.510. The van der Waals surface area contributed by atoms with Crippen LogP contribution in [0.5, 0.6) is 0 Å². The Kier molecular flexibility index (Phi) is 3.87. The molecule has 0 spiro atoms. The third-order valence-electron chi connectivity index (χ3n) is 1.87. The maximum Gasteiger partial charge on any atom is 0.217 e. The molecule has 1 unspecified atom stereocenters. The van der Waals surface area contributed by atoms with Crippen LogP contribution in [0, 0.1) is 0 Å². The molecule has 0 bridgehead atoms. The lowest BCUT2D eigenvalue weighted by Crippen LogP contribution is -2.55. The van der Waals surface area contributed by atoms with E-state index in [4.69, 9.17) is 5.73 Å². The van der Waals surface area contributed by atoms with E-state index < -0.39 is 17.9 Å². The summed E-state index contributed by atoms with van der Waals surface area (Å²) in [7, 11) is 5.21. The highest BCUT2D eigenvalue weighted by molar-refractivity contribution is 5.75. The zero-order valence-electron chi connectivity index (χ0n) is 8.24. The van der Waals surface area contributed by atoms with Gasteiger partial charge >= 0.3 is 0 Å². The van der Waals surface area contributed by atoms with Crippen molar-refractivity contribution in [3.63, 3.8) is 0 Å². The van der Waals surface area contributed by atoms with Crippen molar-refractivity contribution in [2.75, 3.05) is 21.1 Å². The monoisotopic (exact) mass is 188 g/mol. The Morgan fingerprint density at radius 2 is 1.85 bits per heavy atom. The van der Waals surface area contributed by atoms with Crippen molar-refractivity contribution in [2.45, 2.75) is 18.9 Å². The number of hydrogen-bond acceptors (Lipinski definition) is 3. The topological polar surface area (TPSA) is 83.2 Å². The van der Waals surface area contributed by atoms with Crippen molar-refractivity contribution >= 4 is 11.9 Å². The Hall–Kier alpha value is -1.10. The largest absolute Gasteiger partial charge is 0.544 e. The number of rotatable bonds is 5. The third-order valence-corrected chi connectivity index (χ3v) is 1.87. The predicted molar refractivity (Wildman–Crippen MR) is 45.3 cm³/mol. The number of likely N-dealkylation sites (N-methyl/N-ethyl adjacent to an activating group) is 1. The van der Waals surface area contributed by atoms with Crippen molar-refractivity contribution in [2.24, 2.45) is 5.73 Å². The number of carboxylic acid groups (broad SMARTS) is 1. The van der Waals surface area contributed by atoms with E-state index in [0.29, 0.717) is 0 Å². The standard InChI is InChI=1S/C8H16N2O3/c1-10(2,3)6(8(12)13)4-5-7(9)11/h6H,4-5H2,1-3H3,(H2-,9,11,12,13). The predicted octanol–water partition coefficient (Wildman–Crippen LogP) is -1.92. The van der Waals surface area contributed by atoms with Gasteiger partial charge in [0.15, 0.2) is 0 Å². The average Bonchev–Trinajstić information content (AvgIpc) is 1.81. The first-order chi connectivity index (χ1) is 5.75. The van der Waals surface area contributed by atoms with E-state index in [-0.39, 0.29) is 17.3 Å². The lowest BCUT2D eigenvalue weighted by Gasteiger charge is -2.34. The van der Waals surface area contributed by atoms with Gasteiger partial charge in [-0.3, -0.25) is 4.79 Å². The summed E-state index contributed by atoms with van der Waals surface area (Å²) < 4.78 is 0.232. The highest BCUT2D eigenvalue weighted by Gasteiger charge is 2.25. The summed E-state index contributed by atoms with van der Waals surface area (Å²) in [4.78, 5) is 21.1. The minimum absolute atomic E-state index is 0.0775. The Balaban J connectivity index is 4.28. The molecule has 0 aromatic rings. The van der Waals surface area contributed by atoms with Crippen molar-refractivity contribution in [1.29, 1.82) is 0 Å². The molecule has 1 atom stereocenters. The van der Waals surface area contributed by atoms with Crippen molar-refractivity contribution in [3.8, 4) is 0 Å². The van der Waals surface area contributed by atoms with E-state index in [1.165, 1.54) is 0 Å². The SMILES string of the molecule is C[N+](C)(C)C(CCC(N)=O)C(=O)[O-]. The number of nitrogens with two attached hydrogens (primary N) is 1. The van der Waals surface area contributed by atoms with Crippen molar-refractivity contribution < 1.29 is 19.2 Å². The molecule has 0 aliphatic heterocycles. The molecule has 0 saturated carbocycles. The summed E-state index contributed by atoms with van der Waals surface area (Å²) in [5.74, 6) is -1.63. The zero-order chi connectivity index (χ0) is 10.6. The normalized spacial score (nSPS) is 13.8. The number of carbonyl (C=O) groups excluding carboxylic acids is 2. The minimum Gasteiger partial charge on any atom is -0.544 e. The Morgan fingerprint density at radius 1 is 1.38 bits per heavy atom. The van der Waals surface area contributed by atoms with Crippen LogP contribution in [0.15, 0.2) is 0 Å². The lowest BCUT2D eigenvalue weighted by molar-refractivity contribution is -0.889. The van der Waals surface area contributed by atoms with Gasteiger partial charge in [0.2, 0.25) is 5.91 Å². The van der Waals surface area contributed by atoms with Gasteiger partial charge in [-0.05, 0) is 0 Å². The highest BCUT2D eigenvalue weighted by atomic mass is 16.4. The number of carbonyl (C=O) groups is 2. The maximum absolute atomic E-state index is 10.7. The maximum atomic E-state index is 10.7. The van der Waals surface area contributed by atoms with E-state index in [1.54, 1.807) is 21.1 Å². The van der Waals surface area contributed by atoms with Crippen LogP contribution < -0.4 is 10.8 Å². The van der Waals surface area contributed by atoms with Gasteiger partial charge < -0.3 is 20.1 Å². The van der Waals surface area contributed by atoms with Gasteiger partial charge in [0.05, 0.1) is 27.1 Å². The van der Waals surface area contributed by atoms with Crippen LogP contribution in [-0.2, 0) is 9.59 Å². The molecular formula is C8H16N2O3. The molecule has 0 heterocycles. The Bertz CT molecular complexity index is 208. The van der Waals surface area contributed by atoms with Crippen LogP contribution in [0.2, 0.25) is 0 Å². The summed E-state index contributed by atoms with van der Waals surface area (Å²) in [5.41, 5.74) is 4.92. The van der Waals surface area contributed by atoms with Crippen LogP contribution >= 0.6 is 0 Å². The van der Waals surface area contributed by atoms with E-state index in [1.807, 2.05) is 0 Å². The fourth-order valence-corrected chi connectivity index (χ4v) is 1.10. The molecule has 1 amide bonds. The molecule has 0 saturated heterocycles. The number of aliphatic carboxylic acids is 1. The number of hydrogen-bond donors (Lipinski definition) is 1. The Labute approximate surface area is 77.7 Å². The molecule has 0 aliphatic carbocycles. The third kappa shape index (κ3) is 4.47. The second-order valence-electron chi connectivity index (χ2n) is 3.96. The minimum atomic E-state index is -1.14. The lowest BCUT2D eigenvalue weighted by atomic mass is 10.1. The first-order valence-electron chi connectivity index (χ1n) is 4.05. The van der Waals surface area contributed by atoms with Crippen molar-refractivity contribution in [3.05, 3.63) is 0 Å². The summed E-state index contributed by atoms with van der Waals surface area (Å²) in [5, 5.41) is 10.7. The molecule has 0 aliphatic rings. The molecule has 76 valence electrons. The molecule has 0 radical (unpaired) electrons. The van der Waals surface area contributed by atoms with E-state index in [9.17, 15) is 14.7 Å². The van der Waals surface area contributed by atoms with Gasteiger partial charge in [-0.15, -0.1) is 0 Å². The van der Waals surface area contributed by atoms with Crippen LogP contribution in [0.25, 0.3) is 0 Å². The van der Waals surface area contributed by atoms with Gasteiger partial charge in [-0.2, -0.15) is 0 Å². The first kappa shape index (κ1) is 11.9. The van der Waals surface area contributed by atoms with Crippen LogP contribution in [0.3, 0.4) is 0 Å². The molecule has 0 fully saturated rings. The number of nitrogens with zero attached hydrogens (tertiary/aromatic N) is 1. The van der Waals surface area contributed by atoms with Crippen molar-refractivity contribution in [1.82, 2.24) is 0 Å². The smallest absolute Gasteiger partial charge is 0.217 e. The van der Waals surface area contributed by atoms with Gasteiger partial charge in [0.1, 0.15) is 6.04 Å². The summed E-state index contributed by atoms with van der Waals surface area (Å²) in [6.07, 6.45) is 0.301.